The van der Waals surface area contributed by atoms with Gasteiger partial charge in [-0.1, -0.05) is 13.3 Å². The summed E-state index contributed by atoms with van der Waals surface area (Å²) in [6.07, 6.45) is 4.72. The molecule has 0 radical (unpaired) electrons. The average molecular weight is 256 g/mol. The Morgan fingerprint density at radius 2 is 2.11 bits per heavy atom. The van der Waals surface area contributed by atoms with E-state index in [2.05, 4.69) is 5.32 Å². The summed E-state index contributed by atoms with van der Waals surface area (Å²) >= 11 is 0. The van der Waals surface area contributed by atoms with Crippen molar-refractivity contribution in [1.82, 2.24) is 5.32 Å². The Balaban J connectivity index is 2.32. The van der Waals surface area contributed by atoms with E-state index in [0.717, 1.165) is 26.2 Å². The highest BCUT2D eigenvalue weighted by Gasteiger charge is 2.37. The second-order valence-corrected chi connectivity index (χ2v) is 5.67. The molecule has 18 heavy (non-hydrogen) atoms. The molecule has 0 aliphatic heterocycles. The highest BCUT2D eigenvalue weighted by molar-refractivity contribution is 5.78. The van der Waals surface area contributed by atoms with Gasteiger partial charge in [-0.15, -0.1) is 0 Å². The van der Waals surface area contributed by atoms with Gasteiger partial charge >= 0.3 is 0 Å². The molecule has 1 rings (SSSR count). The molecule has 1 amide bonds. The van der Waals surface area contributed by atoms with Gasteiger partial charge in [0, 0.05) is 31.7 Å². The number of hydrogen-bond acceptors (Lipinski definition) is 3. The standard InChI is InChI=1S/C14H28N2O2/c1-4-18-9-8-14(6-5-7-14)10-16-13(17)11(2)12(3)15/h11-12H,4-10,15H2,1-3H3,(H,16,17). The van der Waals surface area contributed by atoms with Gasteiger partial charge in [-0.3, -0.25) is 4.79 Å². The van der Waals surface area contributed by atoms with E-state index in [1.54, 1.807) is 0 Å². The van der Waals surface area contributed by atoms with E-state index in [-0.39, 0.29) is 23.3 Å². The van der Waals surface area contributed by atoms with E-state index in [1.165, 1.54) is 19.3 Å². The molecule has 106 valence electrons. The van der Waals surface area contributed by atoms with Crippen molar-refractivity contribution in [2.45, 2.75) is 52.5 Å². The van der Waals surface area contributed by atoms with Crippen LogP contribution >= 0.6 is 0 Å². The van der Waals surface area contributed by atoms with E-state index in [4.69, 9.17) is 10.5 Å². The van der Waals surface area contributed by atoms with Crippen LogP contribution in [0.25, 0.3) is 0 Å². The second-order valence-electron chi connectivity index (χ2n) is 5.67. The molecular weight excluding hydrogens is 228 g/mol. The van der Waals surface area contributed by atoms with Gasteiger partial charge in [0.05, 0.1) is 0 Å². The van der Waals surface area contributed by atoms with Crippen LogP contribution < -0.4 is 11.1 Å². The molecule has 0 bridgehead atoms. The Bertz CT molecular complexity index is 263. The van der Waals surface area contributed by atoms with Crippen LogP contribution in [-0.4, -0.2) is 31.7 Å². The van der Waals surface area contributed by atoms with E-state index in [0.29, 0.717) is 0 Å². The Morgan fingerprint density at radius 3 is 2.56 bits per heavy atom. The largest absolute Gasteiger partial charge is 0.382 e. The first-order chi connectivity index (χ1) is 8.51. The molecular formula is C14H28N2O2. The van der Waals surface area contributed by atoms with Gasteiger partial charge in [0.1, 0.15) is 0 Å². The van der Waals surface area contributed by atoms with Crippen molar-refractivity contribution in [3.63, 3.8) is 0 Å². The third-order valence-electron chi connectivity index (χ3n) is 4.23. The van der Waals surface area contributed by atoms with E-state index < -0.39 is 0 Å². The SMILES string of the molecule is CCOCCC1(CNC(=O)C(C)C(C)N)CCC1. The van der Waals surface area contributed by atoms with Crippen LogP contribution in [0.3, 0.4) is 0 Å². The third kappa shape index (κ3) is 4.25. The maximum absolute atomic E-state index is 11.9. The minimum atomic E-state index is -0.117. The Morgan fingerprint density at radius 1 is 1.44 bits per heavy atom. The molecule has 0 aromatic heterocycles. The first kappa shape index (κ1) is 15.4. The number of ether oxygens (including phenoxy) is 1. The third-order valence-corrected chi connectivity index (χ3v) is 4.23. The molecule has 4 nitrogen and oxygen atoms in total. The van der Waals surface area contributed by atoms with Gasteiger partial charge in [0.15, 0.2) is 0 Å². The normalized spacial score (nSPS) is 20.9. The molecule has 1 aliphatic rings. The lowest BCUT2D eigenvalue weighted by Crippen LogP contribution is -2.46. The topological polar surface area (TPSA) is 64.3 Å². The molecule has 0 saturated heterocycles. The minimum Gasteiger partial charge on any atom is -0.382 e. The number of hydrogen-bond donors (Lipinski definition) is 2. The van der Waals surface area contributed by atoms with Gasteiger partial charge < -0.3 is 15.8 Å². The molecule has 4 heteroatoms. The number of nitrogens with one attached hydrogen (secondary N) is 1. The summed E-state index contributed by atoms with van der Waals surface area (Å²) in [6.45, 7) is 8.11. The van der Waals surface area contributed by atoms with Crippen LogP contribution in [0.2, 0.25) is 0 Å². The van der Waals surface area contributed by atoms with Crippen LogP contribution in [0.15, 0.2) is 0 Å². The van der Waals surface area contributed by atoms with Crippen LogP contribution in [0, 0.1) is 11.3 Å². The zero-order chi connectivity index (χ0) is 13.6. The fourth-order valence-corrected chi connectivity index (χ4v) is 2.30. The Kier molecular flexibility index (Phi) is 6.09. The van der Waals surface area contributed by atoms with Crippen molar-refractivity contribution in [1.29, 1.82) is 0 Å². The lowest BCUT2D eigenvalue weighted by molar-refractivity contribution is -0.126. The van der Waals surface area contributed by atoms with Crippen molar-refractivity contribution in [3.8, 4) is 0 Å². The zero-order valence-electron chi connectivity index (χ0n) is 12.0. The monoisotopic (exact) mass is 256 g/mol. The maximum atomic E-state index is 11.9. The Labute approximate surface area is 111 Å². The molecule has 1 saturated carbocycles. The summed E-state index contributed by atoms with van der Waals surface area (Å²) in [5, 5.41) is 3.06. The van der Waals surface area contributed by atoms with Crippen molar-refractivity contribution in [2.24, 2.45) is 17.1 Å². The van der Waals surface area contributed by atoms with E-state index in [9.17, 15) is 4.79 Å². The summed E-state index contributed by atoms with van der Waals surface area (Å²) in [6, 6.07) is -0.0919. The smallest absolute Gasteiger partial charge is 0.224 e. The highest BCUT2D eigenvalue weighted by Crippen LogP contribution is 2.43. The summed E-state index contributed by atoms with van der Waals surface area (Å²) in [4.78, 5) is 11.9. The van der Waals surface area contributed by atoms with E-state index >= 15 is 0 Å². The molecule has 0 heterocycles. The van der Waals surface area contributed by atoms with Gasteiger partial charge in [-0.2, -0.15) is 0 Å². The van der Waals surface area contributed by atoms with Crippen molar-refractivity contribution in [3.05, 3.63) is 0 Å². The summed E-state index contributed by atoms with van der Waals surface area (Å²) in [5.41, 5.74) is 6.02. The fourth-order valence-electron chi connectivity index (χ4n) is 2.30. The summed E-state index contributed by atoms with van der Waals surface area (Å²) in [5.74, 6) is -0.0401. The van der Waals surface area contributed by atoms with Crippen molar-refractivity contribution in [2.75, 3.05) is 19.8 Å². The molecule has 2 atom stereocenters. The second kappa shape index (κ2) is 7.10. The quantitative estimate of drug-likeness (QED) is 0.649. The number of nitrogens with two attached hydrogens (primary N) is 1. The van der Waals surface area contributed by atoms with Crippen LogP contribution in [0.5, 0.6) is 0 Å². The molecule has 0 spiro atoms. The Hall–Kier alpha value is -0.610. The van der Waals surface area contributed by atoms with Crippen molar-refractivity contribution >= 4 is 5.91 Å². The van der Waals surface area contributed by atoms with Gasteiger partial charge in [0.2, 0.25) is 5.91 Å². The fraction of sp³-hybridized carbons (Fsp3) is 0.929. The van der Waals surface area contributed by atoms with Crippen molar-refractivity contribution < 1.29 is 9.53 Å². The molecule has 0 aromatic rings. The molecule has 1 aliphatic carbocycles. The zero-order valence-corrected chi connectivity index (χ0v) is 12.0. The molecule has 3 N–H and O–H groups in total. The van der Waals surface area contributed by atoms with Crippen LogP contribution in [-0.2, 0) is 9.53 Å². The number of rotatable bonds is 8. The predicted octanol–water partition coefficient (Wildman–Crippen LogP) is 1.68. The summed E-state index contributed by atoms with van der Waals surface area (Å²) < 4.78 is 5.42. The molecule has 2 unspecified atom stereocenters. The van der Waals surface area contributed by atoms with Crippen LogP contribution in [0.1, 0.15) is 46.5 Å². The lowest BCUT2D eigenvalue weighted by atomic mass is 9.66. The first-order valence-corrected chi connectivity index (χ1v) is 7.12. The van der Waals surface area contributed by atoms with Gasteiger partial charge in [0.25, 0.3) is 0 Å². The average Bonchev–Trinajstić information content (AvgIpc) is 2.30. The predicted molar refractivity (Wildman–Crippen MR) is 73.2 cm³/mol. The molecule has 0 aromatic carbocycles. The minimum absolute atomic E-state index is 0.0766. The lowest BCUT2D eigenvalue weighted by Gasteiger charge is -2.42. The van der Waals surface area contributed by atoms with Gasteiger partial charge in [-0.05, 0) is 38.5 Å². The highest BCUT2D eigenvalue weighted by atomic mass is 16.5. The van der Waals surface area contributed by atoms with E-state index in [1.807, 2.05) is 20.8 Å². The maximum Gasteiger partial charge on any atom is 0.224 e. The summed E-state index contributed by atoms with van der Waals surface area (Å²) in [7, 11) is 0. The molecule has 1 fully saturated rings. The number of amides is 1. The first-order valence-electron chi connectivity index (χ1n) is 7.12. The number of carbonyl (C=O) groups excluding carboxylic acids is 1. The van der Waals surface area contributed by atoms with Crippen LogP contribution in [0.4, 0.5) is 0 Å². The van der Waals surface area contributed by atoms with Gasteiger partial charge in [-0.25, -0.2) is 0 Å². The number of carbonyl (C=O) groups is 1.